The SMILES string of the molecule is CC(C)(C)OC(=O)NC(C(=O)Nc1n[nH]c(=S)s1)C(C)(C)C=Cc1ccccc1. The highest BCUT2D eigenvalue weighted by atomic mass is 32.1. The molecule has 7 nitrogen and oxygen atoms in total. The largest absolute Gasteiger partial charge is 0.444 e. The zero-order chi connectivity index (χ0) is 21.7. The van der Waals surface area contributed by atoms with Crippen molar-refractivity contribution in [1.82, 2.24) is 15.5 Å². The van der Waals surface area contributed by atoms with Crippen LogP contribution in [0.15, 0.2) is 36.4 Å². The summed E-state index contributed by atoms with van der Waals surface area (Å²) in [4.78, 5) is 25.4. The second-order valence-corrected chi connectivity index (χ2v) is 9.72. The predicted molar refractivity (Wildman–Crippen MR) is 118 cm³/mol. The smallest absolute Gasteiger partial charge is 0.408 e. The molecule has 29 heavy (non-hydrogen) atoms. The number of carbonyl (C=O) groups is 2. The second kappa shape index (κ2) is 9.32. The van der Waals surface area contributed by atoms with Crippen molar-refractivity contribution in [3.8, 4) is 0 Å². The van der Waals surface area contributed by atoms with E-state index in [1.54, 1.807) is 20.8 Å². The first-order valence-corrected chi connectivity index (χ1v) is 10.3. The minimum atomic E-state index is -0.908. The van der Waals surface area contributed by atoms with Crippen molar-refractivity contribution in [2.45, 2.75) is 46.3 Å². The molecule has 2 aromatic rings. The number of aromatic amines is 1. The van der Waals surface area contributed by atoms with E-state index in [1.807, 2.05) is 56.3 Å². The quantitative estimate of drug-likeness (QED) is 0.569. The molecule has 2 rings (SSSR count). The average molecular weight is 435 g/mol. The summed E-state index contributed by atoms with van der Waals surface area (Å²) in [6.45, 7) is 9.01. The van der Waals surface area contributed by atoms with E-state index in [2.05, 4.69) is 20.8 Å². The lowest BCUT2D eigenvalue weighted by Crippen LogP contribution is -2.52. The van der Waals surface area contributed by atoms with Gasteiger partial charge >= 0.3 is 6.09 Å². The van der Waals surface area contributed by atoms with Crippen molar-refractivity contribution in [1.29, 1.82) is 0 Å². The molecule has 0 fully saturated rings. The van der Waals surface area contributed by atoms with Crippen molar-refractivity contribution in [3.63, 3.8) is 0 Å². The number of hydrogen-bond acceptors (Lipinski definition) is 6. The summed E-state index contributed by atoms with van der Waals surface area (Å²) in [5.41, 5.74) is -0.423. The van der Waals surface area contributed by atoms with E-state index in [0.717, 1.165) is 16.9 Å². The first-order chi connectivity index (χ1) is 13.5. The van der Waals surface area contributed by atoms with Crippen LogP contribution >= 0.6 is 23.6 Å². The summed E-state index contributed by atoms with van der Waals surface area (Å²) in [5.74, 6) is -0.420. The van der Waals surface area contributed by atoms with Gasteiger partial charge in [0.15, 0.2) is 3.95 Å². The fraction of sp³-hybridized carbons (Fsp3) is 0.400. The highest BCUT2D eigenvalue weighted by molar-refractivity contribution is 7.73. The minimum absolute atomic E-state index is 0.332. The number of hydrogen-bond donors (Lipinski definition) is 3. The Hall–Kier alpha value is -2.52. The van der Waals surface area contributed by atoms with Gasteiger partial charge in [0.05, 0.1) is 0 Å². The Morgan fingerprint density at radius 2 is 1.86 bits per heavy atom. The van der Waals surface area contributed by atoms with Crippen LogP contribution in [0.25, 0.3) is 6.08 Å². The van der Waals surface area contributed by atoms with Gasteiger partial charge in [-0.15, -0.1) is 5.10 Å². The fourth-order valence-corrected chi connectivity index (χ4v) is 3.24. The van der Waals surface area contributed by atoms with Crippen LogP contribution in [0.5, 0.6) is 0 Å². The van der Waals surface area contributed by atoms with Gasteiger partial charge in [-0.3, -0.25) is 15.2 Å². The third-order valence-corrected chi connectivity index (χ3v) is 4.85. The summed E-state index contributed by atoms with van der Waals surface area (Å²) in [6.07, 6.45) is 3.12. The molecule has 1 atom stereocenters. The number of anilines is 1. The average Bonchev–Trinajstić information content (AvgIpc) is 3.02. The third kappa shape index (κ3) is 7.43. The number of aromatic nitrogens is 2. The van der Waals surface area contributed by atoms with Gasteiger partial charge in [0.1, 0.15) is 11.6 Å². The monoisotopic (exact) mass is 434 g/mol. The summed E-state index contributed by atoms with van der Waals surface area (Å²) in [7, 11) is 0. The first-order valence-electron chi connectivity index (χ1n) is 9.06. The van der Waals surface area contributed by atoms with Crippen LogP contribution < -0.4 is 10.6 Å². The van der Waals surface area contributed by atoms with Crippen LogP contribution in [0, 0.1) is 9.37 Å². The van der Waals surface area contributed by atoms with Gasteiger partial charge in [-0.2, -0.15) is 0 Å². The number of H-pyrrole nitrogens is 1. The Balaban J connectivity index is 2.26. The Morgan fingerprint density at radius 3 is 2.41 bits per heavy atom. The van der Waals surface area contributed by atoms with E-state index in [-0.39, 0.29) is 0 Å². The van der Waals surface area contributed by atoms with Gasteiger partial charge in [0.2, 0.25) is 11.0 Å². The fourth-order valence-electron chi connectivity index (χ4n) is 2.45. The summed E-state index contributed by atoms with van der Waals surface area (Å²) < 4.78 is 5.79. The maximum Gasteiger partial charge on any atom is 0.408 e. The zero-order valence-electron chi connectivity index (χ0n) is 17.1. The van der Waals surface area contributed by atoms with Crippen molar-refractivity contribution in [3.05, 3.63) is 45.9 Å². The molecule has 1 aromatic carbocycles. The highest BCUT2D eigenvalue weighted by Gasteiger charge is 2.36. The minimum Gasteiger partial charge on any atom is -0.444 e. The standard InChI is InChI=1S/C20H26N4O3S2/c1-19(2,3)27-17(26)21-14(15(25)22-16-23-24-18(28)29-16)20(4,5)12-11-13-9-7-6-8-10-13/h6-12,14H,1-5H3,(H,21,26)(H,24,28)(H,22,23,25). The maximum absolute atomic E-state index is 13.0. The zero-order valence-corrected chi connectivity index (χ0v) is 18.7. The van der Waals surface area contributed by atoms with Gasteiger partial charge in [-0.1, -0.05) is 67.7 Å². The van der Waals surface area contributed by atoms with E-state index in [9.17, 15) is 9.59 Å². The predicted octanol–water partition coefficient (Wildman–Crippen LogP) is 4.77. The van der Waals surface area contributed by atoms with Crippen LogP contribution in [0.4, 0.5) is 9.93 Å². The molecule has 0 aliphatic rings. The second-order valence-electron chi connectivity index (χ2n) is 8.05. The summed E-state index contributed by atoms with van der Waals surface area (Å²) >= 11 is 6.14. The summed E-state index contributed by atoms with van der Waals surface area (Å²) in [5, 5.41) is 12.3. The van der Waals surface area contributed by atoms with Crippen LogP contribution in [-0.4, -0.2) is 33.8 Å². The first kappa shape index (κ1) is 22.8. The molecule has 1 unspecified atom stereocenters. The molecule has 0 saturated heterocycles. The molecule has 2 amide bonds. The van der Waals surface area contributed by atoms with Crippen molar-refractivity contribution in [2.24, 2.45) is 5.41 Å². The van der Waals surface area contributed by atoms with Gasteiger partial charge < -0.3 is 10.1 Å². The number of ether oxygens (including phenoxy) is 1. The van der Waals surface area contributed by atoms with Crippen LogP contribution in [-0.2, 0) is 9.53 Å². The molecule has 0 radical (unpaired) electrons. The number of benzene rings is 1. The lowest BCUT2D eigenvalue weighted by atomic mass is 9.83. The number of amides is 2. The molecule has 1 aromatic heterocycles. The highest BCUT2D eigenvalue weighted by Crippen LogP contribution is 2.26. The third-order valence-electron chi connectivity index (χ3n) is 3.84. The van der Waals surface area contributed by atoms with Gasteiger partial charge in [-0.25, -0.2) is 4.79 Å². The normalized spacial score (nSPS) is 13.1. The summed E-state index contributed by atoms with van der Waals surface area (Å²) in [6, 6.07) is 8.80. The van der Waals surface area contributed by atoms with Gasteiger partial charge in [0, 0.05) is 5.41 Å². The number of alkyl carbamates (subject to hydrolysis) is 1. The number of rotatable bonds is 6. The number of nitrogens with one attached hydrogen (secondary N) is 3. The van der Waals surface area contributed by atoms with E-state index >= 15 is 0 Å². The molecule has 0 aliphatic carbocycles. The molecule has 1 heterocycles. The number of carbonyl (C=O) groups excluding carboxylic acids is 2. The van der Waals surface area contributed by atoms with Crippen molar-refractivity contribution < 1.29 is 14.3 Å². The lowest BCUT2D eigenvalue weighted by molar-refractivity contribution is -0.120. The lowest BCUT2D eigenvalue weighted by Gasteiger charge is -2.32. The van der Waals surface area contributed by atoms with Gasteiger partial charge in [-0.05, 0) is 38.6 Å². The van der Waals surface area contributed by atoms with E-state index in [0.29, 0.717) is 9.09 Å². The molecule has 156 valence electrons. The molecule has 0 spiro atoms. The Labute approximate surface area is 179 Å². The molecule has 0 aliphatic heterocycles. The van der Waals surface area contributed by atoms with E-state index in [4.69, 9.17) is 17.0 Å². The molecular weight excluding hydrogens is 408 g/mol. The Morgan fingerprint density at radius 1 is 1.21 bits per heavy atom. The number of nitrogens with zero attached hydrogens (tertiary/aromatic N) is 1. The molecule has 0 bridgehead atoms. The Bertz CT molecular complexity index is 927. The van der Waals surface area contributed by atoms with Crippen LogP contribution in [0.3, 0.4) is 0 Å². The molecule has 3 N–H and O–H groups in total. The molecule has 9 heteroatoms. The maximum atomic E-state index is 13.0. The van der Waals surface area contributed by atoms with Crippen LogP contribution in [0.2, 0.25) is 0 Å². The van der Waals surface area contributed by atoms with E-state index in [1.165, 1.54) is 0 Å². The van der Waals surface area contributed by atoms with E-state index < -0.39 is 29.1 Å². The molecule has 0 saturated carbocycles. The van der Waals surface area contributed by atoms with Crippen LogP contribution in [0.1, 0.15) is 40.2 Å². The van der Waals surface area contributed by atoms with Crippen molar-refractivity contribution in [2.75, 3.05) is 5.32 Å². The van der Waals surface area contributed by atoms with Gasteiger partial charge in [0.25, 0.3) is 0 Å². The topological polar surface area (TPSA) is 96.1 Å². The van der Waals surface area contributed by atoms with Crippen molar-refractivity contribution >= 4 is 46.8 Å². The Kier molecular flexibility index (Phi) is 7.32. The molecular formula is C20H26N4O3S2.